The second-order valence-corrected chi connectivity index (χ2v) is 13.4. The second kappa shape index (κ2) is 13.0. The van der Waals surface area contributed by atoms with E-state index in [1.165, 1.54) is 0 Å². The monoisotopic (exact) mass is 546 g/mol. The largest absolute Gasteiger partial charge is 0.497 e. The Balaban J connectivity index is 0.00000544. The summed E-state index contributed by atoms with van der Waals surface area (Å²) in [7, 11) is -0.222. The smallest absolute Gasteiger partial charge is 0.264 e. The number of hydrogen-bond donors (Lipinski definition) is 2. The van der Waals surface area contributed by atoms with E-state index in [0.717, 1.165) is 51.7 Å². The molecule has 1 atom stereocenters. The van der Waals surface area contributed by atoms with Gasteiger partial charge in [-0.2, -0.15) is 0 Å². The number of carbonyl (C=O) groups excluding carboxylic acids is 2. The standard InChI is InChI=1S/C26H37N2O3P.Y/c1-9-32(10-2,16-23(29)27-24-17(3)12-11-13-18(24)4)21(7)26(30)28-25-19(5)14-22(31-8)15-20(25)6;/h11-15,21H,9-10,16H2,1-8H3,(H-,27,28,29,30);/p+1. The summed E-state index contributed by atoms with van der Waals surface area (Å²) in [6.45, 7) is 14.1. The first-order chi connectivity index (χ1) is 15.1. The number of anilines is 2. The third-order valence-corrected chi connectivity index (χ3v) is 12.0. The number of methoxy groups -OCH3 is 1. The fraction of sp³-hybridized carbons (Fsp3) is 0.462. The van der Waals surface area contributed by atoms with Crippen LogP contribution in [0, 0.1) is 27.7 Å². The van der Waals surface area contributed by atoms with Crippen molar-refractivity contribution in [2.24, 2.45) is 0 Å². The van der Waals surface area contributed by atoms with E-state index in [9.17, 15) is 9.59 Å². The molecule has 0 aliphatic heterocycles. The van der Waals surface area contributed by atoms with Gasteiger partial charge < -0.3 is 15.4 Å². The summed E-state index contributed by atoms with van der Waals surface area (Å²) in [5.74, 6) is 0.757. The van der Waals surface area contributed by atoms with E-state index >= 15 is 0 Å². The zero-order valence-electron chi connectivity index (χ0n) is 21.3. The number of ether oxygens (including phenoxy) is 1. The topological polar surface area (TPSA) is 67.4 Å². The molecule has 2 amide bonds. The number of amides is 2. The molecule has 1 unspecified atom stereocenters. The first-order valence-electron chi connectivity index (χ1n) is 11.3. The zero-order valence-corrected chi connectivity index (χ0v) is 25.1. The quantitative estimate of drug-likeness (QED) is 0.382. The van der Waals surface area contributed by atoms with E-state index in [4.69, 9.17) is 4.74 Å². The molecule has 0 aliphatic rings. The van der Waals surface area contributed by atoms with Crippen LogP contribution in [0.1, 0.15) is 43.0 Å². The van der Waals surface area contributed by atoms with Gasteiger partial charge in [0.2, 0.25) is 0 Å². The van der Waals surface area contributed by atoms with Crippen LogP contribution in [0.15, 0.2) is 30.3 Å². The van der Waals surface area contributed by atoms with Crippen molar-refractivity contribution in [3.05, 3.63) is 52.6 Å². The molecule has 177 valence electrons. The maximum absolute atomic E-state index is 13.3. The summed E-state index contributed by atoms with van der Waals surface area (Å²) >= 11 is 0. The van der Waals surface area contributed by atoms with Gasteiger partial charge in [-0.05, 0) is 82.9 Å². The second-order valence-electron chi connectivity index (χ2n) is 8.63. The molecular formula is C26H38N2O3PY+. The minimum absolute atomic E-state index is 0. The Morgan fingerprint density at radius 3 is 1.85 bits per heavy atom. The van der Waals surface area contributed by atoms with E-state index in [-0.39, 0.29) is 50.2 Å². The molecule has 0 aliphatic carbocycles. The molecule has 2 N–H and O–H groups in total. The van der Waals surface area contributed by atoms with Crippen LogP contribution in [0.3, 0.4) is 0 Å². The van der Waals surface area contributed by atoms with Crippen LogP contribution in [-0.4, -0.2) is 43.1 Å². The molecule has 0 saturated heterocycles. The molecule has 5 nitrogen and oxygen atoms in total. The minimum atomic E-state index is -1.86. The van der Waals surface area contributed by atoms with Crippen LogP contribution in [0.4, 0.5) is 11.4 Å². The predicted molar refractivity (Wildman–Crippen MR) is 138 cm³/mol. The molecule has 0 bridgehead atoms. The first kappa shape index (κ1) is 29.7. The number of para-hydroxylation sites is 1. The van der Waals surface area contributed by atoms with E-state index in [1.807, 2.05) is 65.0 Å². The molecule has 2 rings (SSSR count). The van der Waals surface area contributed by atoms with Gasteiger partial charge in [-0.1, -0.05) is 18.2 Å². The molecule has 0 saturated carbocycles. The van der Waals surface area contributed by atoms with Crippen molar-refractivity contribution in [1.29, 1.82) is 0 Å². The molecule has 2 aromatic rings. The fourth-order valence-corrected chi connectivity index (χ4v) is 7.80. The maximum Gasteiger partial charge on any atom is 0.264 e. The number of nitrogens with one attached hydrogen (secondary N) is 2. The van der Waals surface area contributed by atoms with E-state index in [2.05, 4.69) is 24.5 Å². The summed E-state index contributed by atoms with van der Waals surface area (Å²) in [6.07, 6.45) is 2.10. The van der Waals surface area contributed by atoms with Crippen LogP contribution < -0.4 is 15.4 Å². The average molecular weight is 546 g/mol. The van der Waals surface area contributed by atoms with Gasteiger partial charge in [0.15, 0.2) is 0 Å². The van der Waals surface area contributed by atoms with E-state index in [1.54, 1.807) is 7.11 Å². The Bertz CT molecular complexity index is 946. The zero-order chi connectivity index (χ0) is 24.1. The molecule has 7 heteroatoms. The number of rotatable bonds is 9. The van der Waals surface area contributed by atoms with E-state index in [0.29, 0.717) is 6.16 Å². The van der Waals surface area contributed by atoms with Gasteiger partial charge in [-0.25, -0.2) is 0 Å². The van der Waals surface area contributed by atoms with Crippen molar-refractivity contribution in [2.75, 3.05) is 36.2 Å². The Hall–Kier alpha value is -1.29. The average Bonchev–Trinajstić information content (AvgIpc) is 2.76. The summed E-state index contributed by atoms with van der Waals surface area (Å²) in [5, 5.41) is 6.27. The molecule has 0 heterocycles. The number of carbonyl (C=O) groups is 2. The van der Waals surface area contributed by atoms with Crippen molar-refractivity contribution >= 4 is 30.5 Å². The summed E-state index contributed by atoms with van der Waals surface area (Å²) in [5.41, 5.74) is 5.51. The van der Waals surface area contributed by atoms with Crippen LogP contribution in [0.25, 0.3) is 0 Å². The first-order valence-corrected chi connectivity index (χ1v) is 13.7. The van der Waals surface area contributed by atoms with Crippen LogP contribution in [0.2, 0.25) is 0 Å². The van der Waals surface area contributed by atoms with Gasteiger partial charge in [0.05, 0.1) is 19.4 Å². The number of benzene rings is 2. The maximum atomic E-state index is 13.3. The number of hydrogen-bond acceptors (Lipinski definition) is 3. The van der Waals surface area contributed by atoms with Gasteiger partial charge in [0.25, 0.3) is 11.8 Å². The van der Waals surface area contributed by atoms with Gasteiger partial charge in [-0.3, -0.25) is 9.59 Å². The van der Waals surface area contributed by atoms with Crippen molar-refractivity contribution in [2.45, 2.75) is 54.1 Å². The third-order valence-electron chi connectivity index (χ3n) is 6.65. The Morgan fingerprint density at radius 1 is 0.909 bits per heavy atom. The SMILES string of the molecule is CC[P+](CC)(CC(=O)Nc1c(C)cccc1C)C(C)C(=O)Nc1c(C)cc(OC)cc1C.[Y]. The molecule has 1 radical (unpaired) electrons. The molecule has 33 heavy (non-hydrogen) atoms. The molecule has 2 aromatic carbocycles. The number of aryl methyl sites for hydroxylation is 4. The van der Waals surface area contributed by atoms with Crippen molar-refractivity contribution in [3.8, 4) is 5.75 Å². The molecule has 0 fully saturated rings. The molecule has 0 spiro atoms. The third kappa shape index (κ3) is 7.10. The van der Waals surface area contributed by atoms with Crippen molar-refractivity contribution in [3.63, 3.8) is 0 Å². The van der Waals surface area contributed by atoms with Crippen LogP contribution >= 0.6 is 7.26 Å². The fourth-order valence-electron chi connectivity index (χ4n) is 4.32. The van der Waals surface area contributed by atoms with Gasteiger partial charge in [-0.15, -0.1) is 0 Å². The Labute approximate surface area is 225 Å². The molecule has 0 aromatic heterocycles. The Morgan fingerprint density at radius 2 is 1.39 bits per heavy atom. The van der Waals surface area contributed by atoms with Gasteiger partial charge in [0.1, 0.15) is 17.6 Å². The van der Waals surface area contributed by atoms with Gasteiger partial charge in [0, 0.05) is 51.3 Å². The van der Waals surface area contributed by atoms with Crippen molar-refractivity contribution < 1.29 is 47.0 Å². The predicted octanol–water partition coefficient (Wildman–Crippen LogP) is 5.95. The van der Waals surface area contributed by atoms with Crippen molar-refractivity contribution in [1.82, 2.24) is 0 Å². The Kier molecular flexibility index (Phi) is 11.7. The molecular weight excluding hydrogens is 508 g/mol. The summed E-state index contributed by atoms with van der Waals surface area (Å²) in [4.78, 5) is 26.4. The normalized spacial score (nSPS) is 11.9. The van der Waals surface area contributed by atoms with Crippen LogP contribution in [0.5, 0.6) is 5.75 Å². The minimum Gasteiger partial charge on any atom is -0.497 e. The van der Waals surface area contributed by atoms with Crippen LogP contribution in [-0.2, 0) is 42.3 Å². The van der Waals surface area contributed by atoms with Gasteiger partial charge >= 0.3 is 0 Å². The summed E-state index contributed by atoms with van der Waals surface area (Å²) in [6, 6.07) is 9.84. The van der Waals surface area contributed by atoms with E-state index < -0.39 is 7.26 Å². The summed E-state index contributed by atoms with van der Waals surface area (Å²) < 4.78 is 5.33.